The SMILES string of the molecule is Cc1ccc(-c2cc(C(=O)O)ns2)c(F)c1. The van der Waals surface area contributed by atoms with Crippen LogP contribution in [0.2, 0.25) is 0 Å². The number of halogens is 1. The van der Waals surface area contributed by atoms with Gasteiger partial charge in [-0.1, -0.05) is 12.1 Å². The molecule has 0 radical (unpaired) electrons. The molecule has 16 heavy (non-hydrogen) atoms. The summed E-state index contributed by atoms with van der Waals surface area (Å²) < 4.78 is 17.3. The molecule has 0 aliphatic heterocycles. The molecule has 1 aromatic carbocycles. The van der Waals surface area contributed by atoms with Crippen molar-refractivity contribution in [3.63, 3.8) is 0 Å². The van der Waals surface area contributed by atoms with Crippen molar-refractivity contribution in [2.24, 2.45) is 0 Å². The van der Waals surface area contributed by atoms with Gasteiger partial charge < -0.3 is 5.11 Å². The van der Waals surface area contributed by atoms with E-state index in [1.54, 1.807) is 19.1 Å². The summed E-state index contributed by atoms with van der Waals surface area (Å²) in [6.07, 6.45) is 0. The minimum absolute atomic E-state index is 0.0556. The van der Waals surface area contributed by atoms with Gasteiger partial charge >= 0.3 is 5.97 Å². The van der Waals surface area contributed by atoms with Crippen LogP contribution in [0.4, 0.5) is 4.39 Å². The van der Waals surface area contributed by atoms with Gasteiger partial charge in [0.15, 0.2) is 5.69 Å². The fourth-order valence-corrected chi connectivity index (χ4v) is 2.08. The smallest absolute Gasteiger partial charge is 0.355 e. The van der Waals surface area contributed by atoms with E-state index >= 15 is 0 Å². The maximum absolute atomic E-state index is 13.6. The zero-order valence-electron chi connectivity index (χ0n) is 8.40. The Morgan fingerprint density at radius 1 is 1.44 bits per heavy atom. The van der Waals surface area contributed by atoms with Gasteiger partial charge in [-0.3, -0.25) is 0 Å². The van der Waals surface area contributed by atoms with Crippen molar-refractivity contribution >= 4 is 17.5 Å². The molecular formula is C11H8FNO2S. The first-order valence-electron chi connectivity index (χ1n) is 4.54. The average Bonchev–Trinajstić information content (AvgIpc) is 2.66. The molecule has 0 saturated heterocycles. The molecule has 1 heterocycles. The van der Waals surface area contributed by atoms with Gasteiger partial charge in [-0.05, 0) is 36.2 Å². The highest BCUT2D eigenvalue weighted by molar-refractivity contribution is 7.09. The van der Waals surface area contributed by atoms with E-state index in [9.17, 15) is 9.18 Å². The summed E-state index contributed by atoms with van der Waals surface area (Å²) in [5, 5.41) is 8.71. The molecule has 0 aliphatic carbocycles. The first kappa shape index (κ1) is 10.8. The van der Waals surface area contributed by atoms with Crippen LogP contribution < -0.4 is 0 Å². The average molecular weight is 237 g/mol. The lowest BCUT2D eigenvalue weighted by Gasteiger charge is -1.99. The van der Waals surface area contributed by atoms with Gasteiger partial charge in [-0.2, -0.15) is 4.37 Å². The molecule has 0 atom stereocenters. The fourth-order valence-electron chi connectivity index (χ4n) is 1.32. The van der Waals surface area contributed by atoms with E-state index in [0.717, 1.165) is 17.1 Å². The van der Waals surface area contributed by atoms with Gasteiger partial charge in [0.05, 0.1) is 4.88 Å². The molecule has 0 fully saturated rings. The Labute approximate surface area is 95.3 Å². The second-order valence-corrected chi connectivity index (χ2v) is 4.17. The number of aryl methyl sites for hydroxylation is 1. The zero-order valence-corrected chi connectivity index (χ0v) is 9.21. The number of aromatic nitrogens is 1. The molecular weight excluding hydrogens is 229 g/mol. The van der Waals surface area contributed by atoms with Crippen molar-refractivity contribution in [2.45, 2.75) is 6.92 Å². The highest BCUT2D eigenvalue weighted by Crippen LogP contribution is 2.27. The predicted molar refractivity (Wildman–Crippen MR) is 59.2 cm³/mol. The molecule has 3 nitrogen and oxygen atoms in total. The monoisotopic (exact) mass is 237 g/mol. The minimum atomic E-state index is -1.10. The lowest BCUT2D eigenvalue weighted by atomic mass is 10.1. The van der Waals surface area contributed by atoms with E-state index in [0.29, 0.717) is 10.4 Å². The van der Waals surface area contributed by atoms with Gasteiger partial charge in [0.25, 0.3) is 0 Å². The molecule has 1 aromatic heterocycles. The number of carboxylic acids is 1. The van der Waals surface area contributed by atoms with Crippen LogP contribution >= 0.6 is 11.5 Å². The van der Waals surface area contributed by atoms with Crippen molar-refractivity contribution in [1.82, 2.24) is 4.37 Å². The Morgan fingerprint density at radius 3 is 2.75 bits per heavy atom. The summed E-state index contributed by atoms with van der Waals surface area (Å²) >= 11 is 0.980. The molecule has 0 amide bonds. The standard InChI is InChI=1S/C11H8FNO2S/c1-6-2-3-7(8(12)4-6)10-5-9(11(14)15)13-16-10/h2-5H,1H3,(H,14,15). The van der Waals surface area contributed by atoms with Crippen molar-refractivity contribution in [1.29, 1.82) is 0 Å². The second-order valence-electron chi connectivity index (χ2n) is 3.36. The number of aromatic carboxylic acids is 1. The van der Waals surface area contributed by atoms with Gasteiger partial charge in [0.2, 0.25) is 0 Å². The Bertz CT molecular complexity index is 551. The van der Waals surface area contributed by atoms with Crippen LogP contribution in [0.15, 0.2) is 24.3 Å². The zero-order chi connectivity index (χ0) is 11.7. The van der Waals surface area contributed by atoms with Gasteiger partial charge in [0.1, 0.15) is 5.82 Å². The minimum Gasteiger partial charge on any atom is -0.476 e. The quantitative estimate of drug-likeness (QED) is 0.873. The molecule has 0 bridgehead atoms. The maximum Gasteiger partial charge on any atom is 0.355 e. The van der Waals surface area contributed by atoms with Crippen molar-refractivity contribution in [2.75, 3.05) is 0 Å². The van der Waals surface area contributed by atoms with E-state index in [2.05, 4.69) is 4.37 Å². The predicted octanol–water partition coefficient (Wildman–Crippen LogP) is 2.96. The maximum atomic E-state index is 13.6. The summed E-state index contributed by atoms with van der Waals surface area (Å²) in [5.74, 6) is -1.46. The molecule has 0 unspecified atom stereocenters. The Kier molecular flexibility index (Phi) is 2.70. The Hall–Kier alpha value is -1.75. The first-order chi connectivity index (χ1) is 7.58. The number of hydrogen-bond acceptors (Lipinski definition) is 3. The molecule has 0 aliphatic rings. The number of benzene rings is 1. The summed E-state index contributed by atoms with van der Waals surface area (Å²) in [5.41, 5.74) is 1.15. The summed E-state index contributed by atoms with van der Waals surface area (Å²) in [6.45, 7) is 1.79. The largest absolute Gasteiger partial charge is 0.476 e. The normalized spacial score (nSPS) is 10.4. The van der Waals surface area contributed by atoms with Crippen LogP contribution in [0, 0.1) is 12.7 Å². The number of nitrogens with zero attached hydrogens (tertiary/aromatic N) is 1. The first-order valence-corrected chi connectivity index (χ1v) is 5.32. The van der Waals surface area contributed by atoms with Gasteiger partial charge in [0, 0.05) is 5.56 Å². The van der Waals surface area contributed by atoms with Gasteiger partial charge in [-0.15, -0.1) is 0 Å². The second kappa shape index (κ2) is 4.02. The van der Waals surface area contributed by atoms with E-state index in [-0.39, 0.29) is 11.5 Å². The molecule has 5 heteroatoms. The Balaban J connectivity index is 2.46. The molecule has 2 aromatic rings. The lowest BCUT2D eigenvalue weighted by Crippen LogP contribution is -1.94. The highest BCUT2D eigenvalue weighted by atomic mass is 32.1. The Morgan fingerprint density at radius 2 is 2.19 bits per heavy atom. The molecule has 0 spiro atoms. The van der Waals surface area contributed by atoms with Crippen molar-refractivity contribution in [3.05, 3.63) is 41.3 Å². The third kappa shape index (κ3) is 1.94. The number of carboxylic acid groups (broad SMARTS) is 1. The van der Waals surface area contributed by atoms with Gasteiger partial charge in [-0.25, -0.2) is 9.18 Å². The van der Waals surface area contributed by atoms with Crippen LogP contribution in [0.25, 0.3) is 10.4 Å². The number of hydrogen-bond donors (Lipinski definition) is 1. The van der Waals surface area contributed by atoms with Crippen LogP contribution in [-0.4, -0.2) is 15.4 Å². The van der Waals surface area contributed by atoms with Crippen molar-refractivity contribution in [3.8, 4) is 10.4 Å². The number of rotatable bonds is 2. The van der Waals surface area contributed by atoms with Crippen LogP contribution in [0.5, 0.6) is 0 Å². The number of carbonyl (C=O) groups is 1. The van der Waals surface area contributed by atoms with Crippen LogP contribution in [0.3, 0.4) is 0 Å². The fraction of sp³-hybridized carbons (Fsp3) is 0.0909. The van der Waals surface area contributed by atoms with E-state index in [1.165, 1.54) is 12.1 Å². The molecule has 82 valence electrons. The topological polar surface area (TPSA) is 50.2 Å². The lowest BCUT2D eigenvalue weighted by molar-refractivity contribution is 0.0692. The molecule has 0 saturated carbocycles. The van der Waals surface area contributed by atoms with Crippen molar-refractivity contribution < 1.29 is 14.3 Å². The highest BCUT2D eigenvalue weighted by Gasteiger charge is 2.12. The third-order valence-corrected chi connectivity index (χ3v) is 2.94. The summed E-state index contributed by atoms with van der Waals surface area (Å²) in [6, 6.07) is 6.19. The summed E-state index contributed by atoms with van der Waals surface area (Å²) in [7, 11) is 0. The van der Waals surface area contributed by atoms with E-state index in [1.807, 2.05) is 0 Å². The van der Waals surface area contributed by atoms with Crippen LogP contribution in [0.1, 0.15) is 16.1 Å². The van der Waals surface area contributed by atoms with Crippen LogP contribution in [-0.2, 0) is 0 Å². The molecule has 1 N–H and O–H groups in total. The third-order valence-electron chi connectivity index (χ3n) is 2.12. The molecule has 2 rings (SSSR count). The summed E-state index contributed by atoms with van der Waals surface area (Å²) in [4.78, 5) is 11.2. The van der Waals surface area contributed by atoms with E-state index in [4.69, 9.17) is 5.11 Å². The van der Waals surface area contributed by atoms with E-state index < -0.39 is 5.97 Å².